The summed E-state index contributed by atoms with van der Waals surface area (Å²) in [7, 11) is 1.69. The predicted molar refractivity (Wildman–Crippen MR) is 80.4 cm³/mol. The highest BCUT2D eigenvalue weighted by Gasteiger charge is 2.02. The summed E-state index contributed by atoms with van der Waals surface area (Å²) in [5.41, 5.74) is 1.22. The topological polar surface area (TPSA) is 21.3 Å². The standard InChI is InChI=1S/C14H16BrNOS/c1-17-12-4-5-14(15)11(9-12)10-16-7-6-13-3-2-8-18-13/h2-5,8-9,16H,6-7,10H2,1H3. The summed E-state index contributed by atoms with van der Waals surface area (Å²) < 4.78 is 6.35. The van der Waals surface area contributed by atoms with E-state index >= 15 is 0 Å². The zero-order valence-electron chi connectivity index (χ0n) is 10.3. The first-order chi connectivity index (χ1) is 8.79. The number of hydrogen-bond acceptors (Lipinski definition) is 3. The largest absolute Gasteiger partial charge is 0.497 e. The minimum atomic E-state index is 0.850. The number of rotatable bonds is 6. The van der Waals surface area contributed by atoms with Crippen LogP contribution in [-0.4, -0.2) is 13.7 Å². The molecule has 0 aliphatic heterocycles. The Hall–Kier alpha value is -0.840. The summed E-state index contributed by atoms with van der Waals surface area (Å²) >= 11 is 5.37. The summed E-state index contributed by atoms with van der Waals surface area (Å²) in [6.45, 7) is 1.84. The zero-order chi connectivity index (χ0) is 12.8. The number of benzene rings is 1. The third kappa shape index (κ3) is 3.83. The fraction of sp³-hybridized carbons (Fsp3) is 0.286. The van der Waals surface area contributed by atoms with Crippen molar-refractivity contribution in [3.63, 3.8) is 0 Å². The Kier molecular flexibility index (Phi) is 5.23. The van der Waals surface area contributed by atoms with Crippen molar-refractivity contribution in [2.75, 3.05) is 13.7 Å². The third-order valence-electron chi connectivity index (χ3n) is 2.70. The van der Waals surface area contributed by atoms with Gasteiger partial charge in [-0.2, -0.15) is 0 Å². The van der Waals surface area contributed by atoms with Gasteiger partial charge in [-0.05, 0) is 41.6 Å². The van der Waals surface area contributed by atoms with E-state index < -0.39 is 0 Å². The Bertz CT molecular complexity index is 485. The zero-order valence-corrected chi connectivity index (χ0v) is 12.7. The molecule has 0 aliphatic carbocycles. The van der Waals surface area contributed by atoms with Crippen molar-refractivity contribution in [2.24, 2.45) is 0 Å². The number of methoxy groups -OCH3 is 1. The number of nitrogens with one attached hydrogen (secondary N) is 1. The van der Waals surface area contributed by atoms with Crippen molar-refractivity contribution < 1.29 is 4.74 Å². The van der Waals surface area contributed by atoms with Gasteiger partial charge in [0.25, 0.3) is 0 Å². The minimum Gasteiger partial charge on any atom is -0.497 e. The molecule has 0 atom stereocenters. The minimum absolute atomic E-state index is 0.850. The maximum absolute atomic E-state index is 5.23. The van der Waals surface area contributed by atoms with Gasteiger partial charge in [-0.15, -0.1) is 11.3 Å². The smallest absolute Gasteiger partial charge is 0.119 e. The maximum Gasteiger partial charge on any atom is 0.119 e. The van der Waals surface area contributed by atoms with Gasteiger partial charge < -0.3 is 10.1 Å². The van der Waals surface area contributed by atoms with Crippen LogP contribution in [0, 0.1) is 0 Å². The van der Waals surface area contributed by atoms with Crippen molar-refractivity contribution in [1.82, 2.24) is 5.32 Å². The Labute approximate surface area is 120 Å². The van der Waals surface area contributed by atoms with E-state index in [0.29, 0.717) is 0 Å². The van der Waals surface area contributed by atoms with Crippen LogP contribution in [0.2, 0.25) is 0 Å². The first-order valence-corrected chi connectivity index (χ1v) is 7.52. The molecule has 0 saturated carbocycles. The summed E-state index contributed by atoms with van der Waals surface area (Å²) in [5.74, 6) is 0.897. The van der Waals surface area contributed by atoms with E-state index in [1.807, 2.05) is 23.5 Å². The Morgan fingerprint density at radius 3 is 2.94 bits per heavy atom. The molecule has 0 spiro atoms. The first kappa shape index (κ1) is 13.6. The van der Waals surface area contributed by atoms with E-state index in [1.54, 1.807) is 7.11 Å². The second-order valence-electron chi connectivity index (χ2n) is 3.96. The molecule has 0 fully saturated rings. The molecule has 2 aromatic rings. The molecule has 96 valence electrons. The van der Waals surface area contributed by atoms with Gasteiger partial charge in [-0.25, -0.2) is 0 Å². The SMILES string of the molecule is COc1ccc(Br)c(CNCCc2cccs2)c1. The third-order valence-corrected chi connectivity index (χ3v) is 4.41. The fourth-order valence-electron chi connectivity index (χ4n) is 1.70. The van der Waals surface area contributed by atoms with Gasteiger partial charge in [-0.1, -0.05) is 22.0 Å². The van der Waals surface area contributed by atoms with Gasteiger partial charge in [0.2, 0.25) is 0 Å². The van der Waals surface area contributed by atoms with Crippen LogP contribution < -0.4 is 10.1 Å². The lowest BCUT2D eigenvalue weighted by Crippen LogP contribution is -2.16. The van der Waals surface area contributed by atoms with E-state index in [2.05, 4.69) is 44.8 Å². The molecule has 2 nitrogen and oxygen atoms in total. The quantitative estimate of drug-likeness (QED) is 0.814. The molecule has 18 heavy (non-hydrogen) atoms. The average molecular weight is 326 g/mol. The van der Waals surface area contributed by atoms with Crippen molar-refractivity contribution in [2.45, 2.75) is 13.0 Å². The summed E-state index contributed by atoms with van der Waals surface area (Å²) in [4.78, 5) is 1.42. The van der Waals surface area contributed by atoms with Gasteiger partial charge in [0.05, 0.1) is 7.11 Å². The van der Waals surface area contributed by atoms with E-state index in [1.165, 1.54) is 10.4 Å². The predicted octanol–water partition coefficient (Wildman–Crippen LogP) is 3.85. The van der Waals surface area contributed by atoms with Crippen LogP contribution in [0.4, 0.5) is 0 Å². The molecule has 0 unspecified atom stereocenters. The molecule has 0 aliphatic rings. The van der Waals surface area contributed by atoms with Crippen LogP contribution in [0.25, 0.3) is 0 Å². The molecule has 1 aromatic heterocycles. The van der Waals surface area contributed by atoms with Crippen molar-refractivity contribution in [3.8, 4) is 5.75 Å². The molecule has 0 radical (unpaired) electrons. The lowest BCUT2D eigenvalue weighted by atomic mass is 10.2. The normalized spacial score (nSPS) is 10.6. The first-order valence-electron chi connectivity index (χ1n) is 5.85. The highest BCUT2D eigenvalue weighted by atomic mass is 79.9. The van der Waals surface area contributed by atoms with E-state index in [4.69, 9.17) is 4.74 Å². The summed E-state index contributed by atoms with van der Waals surface area (Å²) in [6, 6.07) is 10.3. The van der Waals surface area contributed by atoms with Crippen molar-refractivity contribution in [3.05, 3.63) is 50.6 Å². The number of hydrogen-bond donors (Lipinski definition) is 1. The second-order valence-corrected chi connectivity index (χ2v) is 5.85. The number of ether oxygens (including phenoxy) is 1. The molecule has 0 saturated heterocycles. The molecular formula is C14H16BrNOS. The molecular weight excluding hydrogens is 310 g/mol. The lowest BCUT2D eigenvalue weighted by Gasteiger charge is -2.08. The monoisotopic (exact) mass is 325 g/mol. The Morgan fingerprint density at radius 1 is 1.33 bits per heavy atom. The molecule has 2 rings (SSSR count). The van der Waals surface area contributed by atoms with Gasteiger partial charge in [0.15, 0.2) is 0 Å². The fourth-order valence-corrected chi connectivity index (χ4v) is 2.80. The van der Waals surface area contributed by atoms with Crippen LogP contribution in [0.5, 0.6) is 5.75 Å². The maximum atomic E-state index is 5.23. The van der Waals surface area contributed by atoms with Gasteiger partial charge in [0.1, 0.15) is 5.75 Å². The summed E-state index contributed by atoms with van der Waals surface area (Å²) in [6.07, 6.45) is 1.08. The number of thiophene rings is 1. The van der Waals surface area contributed by atoms with Gasteiger partial charge in [-0.3, -0.25) is 0 Å². The van der Waals surface area contributed by atoms with Crippen molar-refractivity contribution >= 4 is 27.3 Å². The lowest BCUT2D eigenvalue weighted by molar-refractivity contribution is 0.414. The van der Waals surface area contributed by atoms with Crippen LogP contribution in [0.3, 0.4) is 0 Å². The van der Waals surface area contributed by atoms with Gasteiger partial charge >= 0.3 is 0 Å². The molecule has 0 amide bonds. The summed E-state index contributed by atoms with van der Waals surface area (Å²) in [5, 5.41) is 5.57. The van der Waals surface area contributed by atoms with Crippen LogP contribution >= 0.6 is 27.3 Å². The van der Waals surface area contributed by atoms with E-state index in [9.17, 15) is 0 Å². The van der Waals surface area contributed by atoms with E-state index in [-0.39, 0.29) is 0 Å². The van der Waals surface area contributed by atoms with Crippen molar-refractivity contribution in [1.29, 1.82) is 0 Å². The number of halogens is 1. The molecule has 4 heteroatoms. The van der Waals surface area contributed by atoms with Crippen LogP contribution in [-0.2, 0) is 13.0 Å². The highest BCUT2D eigenvalue weighted by Crippen LogP contribution is 2.22. The molecule has 1 heterocycles. The second kappa shape index (κ2) is 6.92. The Balaban J connectivity index is 1.82. The van der Waals surface area contributed by atoms with Crippen LogP contribution in [0.15, 0.2) is 40.2 Å². The van der Waals surface area contributed by atoms with E-state index in [0.717, 1.165) is 29.7 Å². The average Bonchev–Trinajstić information content (AvgIpc) is 2.89. The van der Waals surface area contributed by atoms with Crippen LogP contribution in [0.1, 0.15) is 10.4 Å². The Morgan fingerprint density at radius 2 is 2.22 bits per heavy atom. The van der Waals surface area contributed by atoms with Gasteiger partial charge in [0, 0.05) is 22.4 Å². The molecule has 1 aromatic carbocycles. The highest BCUT2D eigenvalue weighted by molar-refractivity contribution is 9.10. The molecule has 1 N–H and O–H groups in total. The molecule has 0 bridgehead atoms.